The number of alkyl halides is 1. The van der Waals surface area contributed by atoms with E-state index in [1.807, 2.05) is 45.1 Å². The van der Waals surface area contributed by atoms with E-state index in [4.69, 9.17) is 16.3 Å². The summed E-state index contributed by atoms with van der Waals surface area (Å²) in [6.07, 6.45) is 5.79. The van der Waals surface area contributed by atoms with E-state index in [0.717, 1.165) is 11.3 Å². The molecular formula is C15H18ClNO2. The van der Waals surface area contributed by atoms with E-state index in [1.165, 1.54) is 0 Å². The molecule has 0 amide bonds. The van der Waals surface area contributed by atoms with Crippen LogP contribution in [-0.4, -0.2) is 21.9 Å². The highest BCUT2D eigenvalue weighted by Crippen LogP contribution is 2.35. The maximum absolute atomic E-state index is 12.0. The van der Waals surface area contributed by atoms with Crippen LogP contribution < -0.4 is 0 Å². The van der Waals surface area contributed by atoms with Crippen molar-refractivity contribution >= 4 is 23.6 Å². The van der Waals surface area contributed by atoms with Crippen LogP contribution in [0.5, 0.6) is 0 Å². The van der Waals surface area contributed by atoms with Gasteiger partial charge in [0.15, 0.2) is 0 Å². The quantitative estimate of drug-likeness (QED) is 0.614. The van der Waals surface area contributed by atoms with Crippen LogP contribution in [-0.2, 0) is 9.53 Å². The van der Waals surface area contributed by atoms with Gasteiger partial charge in [-0.2, -0.15) is 0 Å². The molecule has 1 aromatic heterocycles. The van der Waals surface area contributed by atoms with E-state index >= 15 is 0 Å². The fraction of sp³-hybridized carbons (Fsp3) is 0.467. The lowest BCUT2D eigenvalue weighted by atomic mass is 9.87. The van der Waals surface area contributed by atoms with Gasteiger partial charge in [0.05, 0.1) is 17.5 Å². The third-order valence-electron chi connectivity index (χ3n) is 2.90. The summed E-state index contributed by atoms with van der Waals surface area (Å²) in [6.45, 7) is 5.58. The molecule has 0 aliphatic heterocycles. The minimum Gasteiger partial charge on any atom is -0.460 e. The summed E-state index contributed by atoms with van der Waals surface area (Å²) in [5.41, 5.74) is 1.42. The molecule has 0 bridgehead atoms. The highest BCUT2D eigenvalue weighted by Gasteiger charge is 2.29. The third-order valence-corrected chi connectivity index (χ3v) is 3.35. The molecule has 2 atom stereocenters. The van der Waals surface area contributed by atoms with Gasteiger partial charge >= 0.3 is 5.97 Å². The number of esters is 1. The number of rotatable bonds is 2. The van der Waals surface area contributed by atoms with Crippen molar-refractivity contribution in [3.63, 3.8) is 0 Å². The smallest absolute Gasteiger partial charge is 0.306 e. The van der Waals surface area contributed by atoms with Crippen molar-refractivity contribution in [1.29, 1.82) is 0 Å². The predicted molar refractivity (Wildman–Crippen MR) is 76.1 cm³/mol. The number of pyridine rings is 1. The SMILES string of the molecule is CC(C)(C)OC(=O)C[C@H]1c2cccnc2C=C[C@H]1Cl. The van der Waals surface area contributed by atoms with Crippen molar-refractivity contribution in [2.45, 2.75) is 44.1 Å². The lowest BCUT2D eigenvalue weighted by molar-refractivity contribution is -0.155. The minimum atomic E-state index is -0.471. The Morgan fingerprint density at radius 2 is 2.21 bits per heavy atom. The molecule has 1 aliphatic rings. The van der Waals surface area contributed by atoms with Gasteiger partial charge in [0, 0.05) is 12.1 Å². The molecule has 19 heavy (non-hydrogen) atoms. The van der Waals surface area contributed by atoms with Crippen molar-refractivity contribution in [2.75, 3.05) is 0 Å². The number of carbonyl (C=O) groups excluding carboxylic acids is 1. The molecule has 0 N–H and O–H groups in total. The maximum atomic E-state index is 12.0. The van der Waals surface area contributed by atoms with Crippen LogP contribution in [0, 0.1) is 0 Å². The van der Waals surface area contributed by atoms with Gasteiger partial charge < -0.3 is 4.74 Å². The molecule has 4 heteroatoms. The Morgan fingerprint density at radius 3 is 2.89 bits per heavy atom. The van der Waals surface area contributed by atoms with Crippen LogP contribution in [0.15, 0.2) is 24.4 Å². The van der Waals surface area contributed by atoms with E-state index in [0.29, 0.717) is 0 Å². The molecule has 102 valence electrons. The molecule has 0 unspecified atom stereocenters. The zero-order valence-corrected chi connectivity index (χ0v) is 12.1. The van der Waals surface area contributed by atoms with Crippen molar-refractivity contribution in [3.05, 3.63) is 35.7 Å². The van der Waals surface area contributed by atoms with Crippen molar-refractivity contribution in [3.8, 4) is 0 Å². The summed E-state index contributed by atoms with van der Waals surface area (Å²) in [5.74, 6) is -0.307. The second-order valence-corrected chi connectivity index (χ2v) is 6.18. The molecule has 3 nitrogen and oxygen atoms in total. The second kappa shape index (κ2) is 5.33. The number of carbonyl (C=O) groups is 1. The Morgan fingerprint density at radius 1 is 1.47 bits per heavy atom. The Kier molecular flexibility index (Phi) is 3.95. The van der Waals surface area contributed by atoms with E-state index in [2.05, 4.69) is 4.98 Å². The van der Waals surface area contributed by atoms with Crippen molar-refractivity contribution < 1.29 is 9.53 Å². The van der Waals surface area contributed by atoms with Gasteiger partial charge in [-0.25, -0.2) is 0 Å². The van der Waals surface area contributed by atoms with Gasteiger partial charge in [-0.1, -0.05) is 12.1 Å². The number of nitrogens with zero attached hydrogens (tertiary/aromatic N) is 1. The summed E-state index contributed by atoms with van der Waals surface area (Å²) >= 11 is 6.30. The van der Waals surface area contributed by atoms with Gasteiger partial charge in [-0.05, 0) is 38.5 Å². The standard InChI is InChI=1S/C15H18ClNO2/c1-15(2,3)19-14(18)9-11-10-5-4-8-17-13(10)7-6-12(11)16/h4-8,11-12H,9H2,1-3H3/t11-,12+/m0/s1. The summed E-state index contributed by atoms with van der Waals surface area (Å²) in [7, 11) is 0. The van der Waals surface area contributed by atoms with E-state index in [1.54, 1.807) is 6.20 Å². The molecular weight excluding hydrogens is 262 g/mol. The highest BCUT2D eigenvalue weighted by atomic mass is 35.5. The molecule has 1 heterocycles. The number of allylic oxidation sites excluding steroid dienone is 1. The number of ether oxygens (including phenoxy) is 1. The van der Waals surface area contributed by atoms with Gasteiger partial charge in [-0.3, -0.25) is 9.78 Å². The zero-order valence-electron chi connectivity index (χ0n) is 11.4. The first-order valence-corrected chi connectivity index (χ1v) is 6.79. The summed E-state index contributed by atoms with van der Waals surface area (Å²) in [6, 6.07) is 3.83. The Labute approximate surface area is 118 Å². The third kappa shape index (κ3) is 3.57. The fourth-order valence-electron chi connectivity index (χ4n) is 2.16. The molecule has 0 saturated heterocycles. The molecule has 1 aromatic rings. The van der Waals surface area contributed by atoms with E-state index < -0.39 is 5.60 Å². The fourth-order valence-corrected chi connectivity index (χ4v) is 2.45. The minimum absolute atomic E-state index is 0.0785. The molecule has 0 radical (unpaired) electrons. The largest absolute Gasteiger partial charge is 0.460 e. The summed E-state index contributed by atoms with van der Waals surface area (Å²) in [5, 5.41) is -0.204. The van der Waals surface area contributed by atoms with E-state index in [9.17, 15) is 4.79 Å². The molecule has 0 aromatic carbocycles. The molecule has 0 saturated carbocycles. The normalized spacial score (nSPS) is 21.9. The Bertz CT molecular complexity index is 505. The second-order valence-electron chi connectivity index (χ2n) is 5.68. The zero-order chi connectivity index (χ0) is 14.0. The van der Waals surface area contributed by atoms with Gasteiger partial charge in [-0.15, -0.1) is 11.6 Å². The molecule has 0 fully saturated rings. The highest BCUT2D eigenvalue weighted by molar-refractivity contribution is 6.23. The van der Waals surface area contributed by atoms with Crippen LogP contribution in [0.4, 0.5) is 0 Å². The lowest BCUT2D eigenvalue weighted by Crippen LogP contribution is -2.27. The maximum Gasteiger partial charge on any atom is 0.306 e. The number of aromatic nitrogens is 1. The number of halogens is 1. The molecule has 0 spiro atoms. The van der Waals surface area contributed by atoms with Crippen molar-refractivity contribution in [1.82, 2.24) is 4.98 Å². The first-order valence-electron chi connectivity index (χ1n) is 6.36. The van der Waals surface area contributed by atoms with E-state index in [-0.39, 0.29) is 23.7 Å². The first-order chi connectivity index (χ1) is 8.87. The first kappa shape index (κ1) is 14.1. The topological polar surface area (TPSA) is 39.2 Å². The van der Waals surface area contributed by atoms with Gasteiger partial charge in [0.1, 0.15) is 5.60 Å². The summed E-state index contributed by atoms with van der Waals surface area (Å²) < 4.78 is 5.36. The summed E-state index contributed by atoms with van der Waals surface area (Å²) in [4.78, 5) is 16.2. The van der Waals surface area contributed by atoms with Crippen LogP contribution in [0.2, 0.25) is 0 Å². The van der Waals surface area contributed by atoms with Crippen LogP contribution in [0.1, 0.15) is 44.4 Å². The Hall–Kier alpha value is -1.35. The van der Waals surface area contributed by atoms with Crippen molar-refractivity contribution in [2.24, 2.45) is 0 Å². The lowest BCUT2D eigenvalue weighted by Gasteiger charge is -2.26. The molecule has 2 rings (SSSR count). The number of hydrogen-bond acceptors (Lipinski definition) is 3. The number of fused-ring (bicyclic) bond motifs is 1. The average molecular weight is 280 g/mol. The average Bonchev–Trinajstić information content (AvgIpc) is 2.31. The number of hydrogen-bond donors (Lipinski definition) is 0. The van der Waals surface area contributed by atoms with Gasteiger partial charge in [0.25, 0.3) is 0 Å². The van der Waals surface area contributed by atoms with Crippen LogP contribution in [0.3, 0.4) is 0 Å². The van der Waals surface area contributed by atoms with Crippen LogP contribution in [0.25, 0.3) is 6.08 Å². The monoisotopic (exact) mass is 279 g/mol. The van der Waals surface area contributed by atoms with Gasteiger partial charge in [0.2, 0.25) is 0 Å². The Balaban J connectivity index is 2.16. The predicted octanol–water partition coefficient (Wildman–Crippen LogP) is 3.53. The molecule has 1 aliphatic carbocycles. The van der Waals surface area contributed by atoms with Crippen LogP contribution >= 0.6 is 11.6 Å².